The van der Waals surface area contributed by atoms with E-state index in [1.165, 1.54) is 31.3 Å². The molecule has 0 bridgehead atoms. The lowest BCUT2D eigenvalue weighted by Gasteiger charge is -2.36. The van der Waals surface area contributed by atoms with E-state index in [4.69, 9.17) is 9.47 Å². The molecular weight excluding hydrogens is 356 g/mol. The molecule has 134 valence electrons. The first-order valence-corrected chi connectivity index (χ1v) is 6.70. The summed E-state index contributed by atoms with van der Waals surface area (Å²) in [6.07, 6.45) is -4.35. The normalized spacial score (nSPS) is 16.7. The number of alkyl halides is 3. The lowest BCUT2D eigenvalue weighted by Crippen LogP contribution is -2.49. The van der Waals surface area contributed by atoms with Crippen molar-refractivity contribution >= 4 is 24.8 Å². The summed E-state index contributed by atoms with van der Waals surface area (Å²) in [5, 5.41) is 3.06. The molecule has 4 nitrogen and oxygen atoms in total. The van der Waals surface area contributed by atoms with E-state index in [1.54, 1.807) is 6.07 Å². The number of hydrogen-bond acceptors (Lipinski definition) is 4. The molecule has 1 N–H and O–H groups in total. The quantitative estimate of drug-likeness (QED) is 0.875. The van der Waals surface area contributed by atoms with Gasteiger partial charge in [0.25, 0.3) is 0 Å². The van der Waals surface area contributed by atoms with Gasteiger partial charge in [-0.1, -0.05) is 0 Å². The Bertz CT molecular complexity index is 461. The molecule has 2 rings (SSSR count). The van der Waals surface area contributed by atoms with E-state index in [-0.39, 0.29) is 30.4 Å². The summed E-state index contributed by atoms with van der Waals surface area (Å²) in [6, 6.07) is 2.75. The lowest BCUT2D eigenvalue weighted by atomic mass is 10.0. The molecular formula is C14H21Cl2F3N2O2. The van der Waals surface area contributed by atoms with Crippen LogP contribution in [0.2, 0.25) is 0 Å². The number of hydrogen-bond donors (Lipinski definition) is 1. The van der Waals surface area contributed by atoms with E-state index in [0.29, 0.717) is 37.7 Å². The van der Waals surface area contributed by atoms with E-state index in [1.807, 2.05) is 0 Å². The summed E-state index contributed by atoms with van der Waals surface area (Å²) >= 11 is 0. The molecule has 0 unspecified atom stereocenters. The number of piperazine rings is 1. The van der Waals surface area contributed by atoms with Crippen molar-refractivity contribution in [3.8, 4) is 11.5 Å². The molecule has 0 radical (unpaired) electrons. The van der Waals surface area contributed by atoms with Crippen LogP contribution in [0.15, 0.2) is 18.2 Å². The van der Waals surface area contributed by atoms with Gasteiger partial charge < -0.3 is 14.8 Å². The lowest BCUT2D eigenvalue weighted by molar-refractivity contribution is -0.187. The predicted octanol–water partition coefficient (Wildman–Crippen LogP) is 3.06. The Kier molecular flexibility index (Phi) is 9.05. The van der Waals surface area contributed by atoms with Crippen molar-refractivity contribution in [2.75, 3.05) is 40.4 Å². The summed E-state index contributed by atoms with van der Waals surface area (Å²) < 4.78 is 50.7. The number of benzene rings is 1. The molecule has 9 heteroatoms. The van der Waals surface area contributed by atoms with Gasteiger partial charge >= 0.3 is 6.18 Å². The number of methoxy groups -OCH3 is 2. The minimum atomic E-state index is -4.35. The molecule has 1 aliphatic rings. The molecule has 1 aliphatic heterocycles. The van der Waals surface area contributed by atoms with E-state index in [9.17, 15) is 13.2 Å². The Hall–Kier alpha value is -0.890. The third kappa shape index (κ3) is 5.60. The monoisotopic (exact) mass is 376 g/mol. The van der Waals surface area contributed by atoms with Crippen molar-refractivity contribution in [3.05, 3.63) is 23.8 Å². The van der Waals surface area contributed by atoms with Crippen LogP contribution < -0.4 is 14.8 Å². The average Bonchev–Trinajstić information content (AvgIpc) is 2.46. The van der Waals surface area contributed by atoms with E-state index in [2.05, 4.69) is 5.32 Å². The van der Waals surface area contributed by atoms with Crippen LogP contribution in [0.1, 0.15) is 11.6 Å². The SMILES string of the molecule is COc1cc(OC)cc([C@H](N2CCNCC2)C(F)(F)F)c1.Cl.Cl. The second-order valence-corrected chi connectivity index (χ2v) is 4.88. The van der Waals surface area contributed by atoms with E-state index < -0.39 is 12.2 Å². The summed E-state index contributed by atoms with van der Waals surface area (Å²) in [4.78, 5) is 1.44. The Morgan fingerprint density at radius 1 is 1.00 bits per heavy atom. The standard InChI is InChI=1S/C14H19F3N2O2.2ClH/c1-20-11-7-10(8-12(9-11)21-2)13(14(15,16)17)19-5-3-18-4-6-19;;/h7-9,13,18H,3-6H2,1-2H3;2*1H/t13-;;/m0../s1. The number of nitrogens with one attached hydrogen (secondary N) is 1. The largest absolute Gasteiger partial charge is 0.497 e. The average molecular weight is 377 g/mol. The molecule has 1 aromatic rings. The summed E-state index contributed by atoms with van der Waals surface area (Å²) in [5.74, 6) is 0.711. The molecule has 0 amide bonds. The summed E-state index contributed by atoms with van der Waals surface area (Å²) in [7, 11) is 2.85. The molecule has 1 fully saturated rings. The highest BCUT2D eigenvalue weighted by Gasteiger charge is 2.45. The van der Waals surface area contributed by atoms with Crippen LogP contribution in [0.4, 0.5) is 13.2 Å². The molecule has 1 saturated heterocycles. The third-order valence-corrected chi connectivity index (χ3v) is 3.52. The fourth-order valence-corrected chi connectivity index (χ4v) is 2.53. The summed E-state index contributed by atoms with van der Waals surface area (Å²) in [6.45, 7) is 1.80. The number of halogens is 5. The smallest absolute Gasteiger partial charge is 0.408 e. The van der Waals surface area contributed by atoms with Gasteiger partial charge in [-0.05, 0) is 17.7 Å². The van der Waals surface area contributed by atoms with Crippen LogP contribution in [0.5, 0.6) is 11.5 Å². The van der Waals surface area contributed by atoms with Crippen molar-refractivity contribution < 1.29 is 22.6 Å². The van der Waals surface area contributed by atoms with Crippen molar-refractivity contribution in [1.29, 1.82) is 0 Å². The molecule has 0 spiro atoms. The topological polar surface area (TPSA) is 33.7 Å². The van der Waals surface area contributed by atoms with Gasteiger partial charge in [0.1, 0.15) is 17.5 Å². The van der Waals surface area contributed by atoms with Gasteiger partial charge in [-0.25, -0.2) is 0 Å². The van der Waals surface area contributed by atoms with Gasteiger partial charge in [0, 0.05) is 32.2 Å². The Balaban J connectivity index is 0.00000242. The molecule has 1 atom stereocenters. The molecule has 1 aromatic carbocycles. The second kappa shape index (κ2) is 9.42. The number of rotatable bonds is 4. The van der Waals surface area contributed by atoms with Crippen LogP contribution >= 0.6 is 24.8 Å². The second-order valence-electron chi connectivity index (χ2n) is 4.88. The van der Waals surface area contributed by atoms with Gasteiger partial charge in [0.05, 0.1) is 14.2 Å². The van der Waals surface area contributed by atoms with Crippen molar-refractivity contribution in [2.24, 2.45) is 0 Å². The number of ether oxygens (including phenoxy) is 2. The maximum atomic E-state index is 13.5. The predicted molar refractivity (Wildman–Crippen MR) is 87.3 cm³/mol. The van der Waals surface area contributed by atoms with Crippen LogP contribution in [0.3, 0.4) is 0 Å². The highest BCUT2D eigenvalue weighted by Crippen LogP contribution is 2.40. The van der Waals surface area contributed by atoms with Crippen molar-refractivity contribution in [1.82, 2.24) is 10.2 Å². The molecule has 0 saturated carbocycles. The zero-order valence-electron chi connectivity index (χ0n) is 12.9. The van der Waals surface area contributed by atoms with Crippen molar-refractivity contribution in [3.63, 3.8) is 0 Å². The van der Waals surface area contributed by atoms with Crippen LogP contribution in [-0.4, -0.2) is 51.5 Å². The van der Waals surface area contributed by atoms with Crippen molar-refractivity contribution in [2.45, 2.75) is 12.2 Å². The Morgan fingerprint density at radius 3 is 1.87 bits per heavy atom. The Morgan fingerprint density at radius 2 is 1.48 bits per heavy atom. The zero-order valence-corrected chi connectivity index (χ0v) is 14.5. The molecule has 1 heterocycles. The number of nitrogens with zero attached hydrogens (tertiary/aromatic N) is 1. The minimum Gasteiger partial charge on any atom is -0.497 e. The van der Waals surface area contributed by atoms with Crippen LogP contribution in [0.25, 0.3) is 0 Å². The molecule has 0 aromatic heterocycles. The fraction of sp³-hybridized carbons (Fsp3) is 0.571. The Labute approximate surface area is 146 Å². The highest BCUT2D eigenvalue weighted by molar-refractivity contribution is 5.85. The first-order chi connectivity index (χ1) is 9.95. The van der Waals surface area contributed by atoms with Gasteiger partial charge in [-0.3, -0.25) is 4.90 Å². The third-order valence-electron chi connectivity index (χ3n) is 3.52. The van der Waals surface area contributed by atoms with Crippen LogP contribution in [-0.2, 0) is 0 Å². The van der Waals surface area contributed by atoms with Gasteiger partial charge in [-0.2, -0.15) is 13.2 Å². The van der Waals surface area contributed by atoms with E-state index in [0.717, 1.165) is 0 Å². The van der Waals surface area contributed by atoms with Gasteiger partial charge in [-0.15, -0.1) is 24.8 Å². The first-order valence-electron chi connectivity index (χ1n) is 6.70. The van der Waals surface area contributed by atoms with Crippen LogP contribution in [0, 0.1) is 0 Å². The fourth-order valence-electron chi connectivity index (χ4n) is 2.53. The molecule has 0 aliphatic carbocycles. The maximum absolute atomic E-state index is 13.5. The van der Waals surface area contributed by atoms with Gasteiger partial charge in [0.15, 0.2) is 0 Å². The van der Waals surface area contributed by atoms with E-state index >= 15 is 0 Å². The minimum absolute atomic E-state index is 0. The molecule has 23 heavy (non-hydrogen) atoms. The first kappa shape index (κ1) is 22.1. The maximum Gasteiger partial charge on any atom is 0.408 e. The highest BCUT2D eigenvalue weighted by atomic mass is 35.5. The summed E-state index contributed by atoms with van der Waals surface area (Å²) in [5.41, 5.74) is 0.139. The van der Waals surface area contributed by atoms with Gasteiger partial charge in [0.2, 0.25) is 0 Å². The zero-order chi connectivity index (χ0) is 15.5.